The van der Waals surface area contributed by atoms with Crippen molar-refractivity contribution in [3.8, 4) is 0 Å². The van der Waals surface area contributed by atoms with Crippen LogP contribution >= 0.6 is 0 Å². The number of rotatable bonds is 6. The maximum Gasteiger partial charge on any atom is 0.416 e. The van der Waals surface area contributed by atoms with Crippen LogP contribution in [-0.2, 0) is 30.6 Å². The smallest absolute Gasteiger partial charge is 0.350 e. The summed E-state index contributed by atoms with van der Waals surface area (Å²) in [6.07, 6.45) is -3.27. The molecule has 4 aromatic rings. The summed E-state index contributed by atoms with van der Waals surface area (Å²) in [6, 6.07) is 12.5. The van der Waals surface area contributed by atoms with E-state index in [0.717, 1.165) is 27.8 Å². The first-order valence-corrected chi connectivity index (χ1v) is 9.98. The first-order valence-electron chi connectivity index (χ1n) is 9.98. The Balaban J connectivity index is 1.48. The molecule has 1 N–H and O–H groups in total. The Morgan fingerprint density at radius 3 is 2.58 bits per heavy atom. The van der Waals surface area contributed by atoms with Gasteiger partial charge in [0.2, 0.25) is 5.91 Å². The fourth-order valence-electron chi connectivity index (χ4n) is 3.24. The van der Waals surface area contributed by atoms with Crippen molar-refractivity contribution >= 4 is 17.1 Å². The van der Waals surface area contributed by atoms with E-state index in [1.54, 1.807) is 0 Å². The van der Waals surface area contributed by atoms with Crippen LogP contribution < -0.4 is 10.9 Å². The third-order valence-electron chi connectivity index (χ3n) is 5.00. The maximum absolute atomic E-state index is 12.9. The summed E-state index contributed by atoms with van der Waals surface area (Å²) in [5.41, 5.74) is 1.06. The standard InChI is InChI=1S/C22H19F3N6O2/c1-14-5-7-15(8-6-14)10-26-18(32)12-30-13-27-20-19(21(30)33)28-29-31(20)11-16-3-2-4-17(9-16)22(23,24)25/h2-9,13H,10-12H2,1H3,(H,26,32). The van der Waals surface area contributed by atoms with E-state index in [9.17, 15) is 22.8 Å². The number of aryl methyl sites for hydroxylation is 1. The maximum atomic E-state index is 12.9. The number of halogens is 3. The van der Waals surface area contributed by atoms with Gasteiger partial charge in [-0.1, -0.05) is 47.2 Å². The van der Waals surface area contributed by atoms with Crippen molar-refractivity contribution in [3.05, 3.63) is 87.5 Å². The van der Waals surface area contributed by atoms with Gasteiger partial charge in [-0.15, -0.1) is 5.10 Å². The lowest BCUT2D eigenvalue weighted by Gasteiger charge is -2.09. The van der Waals surface area contributed by atoms with Gasteiger partial charge in [0.25, 0.3) is 5.56 Å². The molecule has 0 saturated carbocycles. The zero-order valence-corrected chi connectivity index (χ0v) is 17.5. The van der Waals surface area contributed by atoms with Crippen LogP contribution in [-0.4, -0.2) is 30.5 Å². The highest BCUT2D eigenvalue weighted by Gasteiger charge is 2.30. The molecule has 170 valence electrons. The highest BCUT2D eigenvalue weighted by molar-refractivity contribution is 5.76. The number of amides is 1. The summed E-state index contributed by atoms with van der Waals surface area (Å²) in [6.45, 7) is 1.98. The number of hydrogen-bond acceptors (Lipinski definition) is 5. The quantitative estimate of drug-likeness (QED) is 0.482. The average Bonchev–Trinajstić information content (AvgIpc) is 3.18. The molecule has 8 nitrogen and oxygen atoms in total. The number of carbonyl (C=O) groups excluding carboxylic acids is 1. The Morgan fingerprint density at radius 2 is 1.85 bits per heavy atom. The van der Waals surface area contributed by atoms with Gasteiger partial charge in [0, 0.05) is 6.54 Å². The Bertz CT molecular complexity index is 1360. The topological polar surface area (TPSA) is 94.7 Å². The number of aromatic nitrogens is 5. The molecule has 0 saturated heterocycles. The zero-order chi connectivity index (χ0) is 23.6. The van der Waals surface area contributed by atoms with Gasteiger partial charge in [-0.05, 0) is 30.2 Å². The SMILES string of the molecule is Cc1ccc(CNC(=O)Cn2cnc3c(nnn3Cc3cccc(C(F)(F)F)c3)c2=O)cc1. The van der Waals surface area contributed by atoms with Gasteiger partial charge < -0.3 is 5.32 Å². The van der Waals surface area contributed by atoms with E-state index in [4.69, 9.17) is 0 Å². The van der Waals surface area contributed by atoms with Crippen molar-refractivity contribution in [1.29, 1.82) is 0 Å². The van der Waals surface area contributed by atoms with Crippen LogP contribution in [0.4, 0.5) is 13.2 Å². The van der Waals surface area contributed by atoms with E-state index in [1.165, 1.54) is 23.1 Å². The molecule has 11 heteroatoms. The Kier molecular flexibility index (Phi) is 5.95. The number of nitrogens with zero attached hydrogens (tertiary/aromatic N) is 5. The van der Waals surface area contributed by atoms with Gasteiger partial charge in [0.1, 0.15) is 12.9 Å². The molecule has 33 heavy (non-hydrogen) atoms. The first kappa shape index (κ1) is 22.2. The van der Waals surface area contributed by atoms with Gasteiger partial charge in [-0.3, -0.25) is 14.2 Å². The van der Waals surface area contributed by atoms with Crippen LogP contribution in [0.25, 0.3) is 11.2 Å². The highest BCUT2D eigenvalue weighted by atomic mass is 19.4. The van der Waals surface area contributed by atoms with E-state index in [0.29, 0.717) is 12.1 Å². The van der Waals surface area contributed by atoms with Crippen molar-refractivity contribution in [3.63, 3.8) is 0 Å². The van der Waals surface area contributed by atoms with Crippen LogP contribution in [0.15, 0.2) is 59.7 Å². The molecular formula is C22H19F3N6O2. The predicted molar refractivity (Wildman–Crippen MR) is 113 cm³/mol. The van der Waals surface area contributed by atoms with Crippen molar-refractivity contribution in [1.82, 2.24) is 29.9 Å². The van der Waals surface area contributed by atoms with E-state index >= 15 is 0 Å². The summed E-state index contributed by atoms with van der Waals surface area (Å²) in [4.78, 5) is 29.1. The molecule has 0 aliphatic rings. The summed E-state index contributed by atoms with van der Waals surface area (Å²) in [5.74, 6) is -0.379. The minimum atomic E-state index is -4.47. The van der Waals surface area contributed by atoms with Gasteiger partial charge in [0.05, 0.1) is 12.1 Å². The van der Waals surface area contributed by atoms with Gasteiger partial charge in [-0.2, -0.15) is 13.2 Å². The van der Waals surface area contributed by atoms with Crippen LogP contribution in [0.5, 0.6) is 0 Å². The molecule has 2 aromatic carbocycles. The normalized spacial score (nSPS) is 11.6. The van der Waals surface area contributed by atoms with Crippen molar-refractivity contribution in [2.45, 2.75) is 32.7 Å². The van der Waals surface area contributed by atoms with E-state index < -0.39 is 17.3 Å². The van der Waals surface area contributed by atoms with Crippen LogP contribution in [0.2, 0.25) is 0 Å². The molecular weight excluding hydrogens is 437 g/mol. The first-order chi connectivity index (χ1) is 15.7. The zero-order valence-electron chi connectivity index (χ0n) is 17.5. The lowest BCUT2D eigenvalue weighted by molar-refractivity contribution is -0.137. The summed E-state index contributed by atoms with van der Waals surface area (Å²) in [7, 11) is 0. The Morgan fingerprint density at radius 1 is 1.09 bits per heavy atom. The van der Waals surface area contributed by atoms with Crippen molar-refractivity contribution in [2.24, 2.45) is 0 Å². The molecule has 0 unspecified atom stereocenters. The molecule has 0 fully saturated rings. The lowest BCUT2D eigenvalue weighted by atomic mass is 10.1. The second-order valence-electron chi connectivity index (χ2n) is 7.56. The van der Waals surface area contributed by atoms with Gasteiger partial charge in [-0.25, -0.2) is 9.67 Å². The number of hydrogen-bond donors (Lipinski definition) is 1. The van der Waals surface area contributed by atoms with E-state index in [1.807, 2.05) is 31.2 Å². The third-order valence-corrected chi connectivity index (χ3v) is 5.00. The minimum absolute atomic E-state index is 0.0477. The Hall–Kier alpha value is -4.02. The fraction of sp³-hybridized carbons (Fsp3) is 0.227. The van der Waals surface area contributed by atoms with Crippen LogP contribution in [0, 0.1) is 6.92 Å². The van der Waals surface area contributed by atoms with Crippen molar-refractivity contribution < 1.29 is 18.0 Å². The number of alkyl halides is 3. The molecule has 4 rings (SSSR count). The molecule has 0 radical (unpaired) electrons. The second kappa shape index (κ2) is 8.85. The number of nitrogens with one attached hydrogen (secondary N) is 1. The van der Waals surface area contributed by atoms with Crippen LogP contribution in [0.3, 0.4) is 0 Å². The van der Waals surface area contributed by atoms with Crippen molar-refractivity contribution in [2.75, 3.05) is 0 Å². The molecule has 0 aliphatic carbocycles. The van der Waals surface area contributed by atoms with E-state index in [2.05, 4.69) is 20.6 Å². The molecule has 0 spiro atoms. The highest BCUT2D eigenvalue weighted by Crippen LogP contribution is 2.29. The molecule has 2 heterocycles. The third kappa shape index (κ3) is 5.08. The van der Waals surface area contributed by atoms with Gasteiger partial charge >= 0.3 is 6.18 Å². The van der Waals surface area contributed by atoms with Gasteiger partial charge in [0.15, 0.2) is 11.2 Å². The molecule has 1 amide bonds. The fourth-order valence-corrected chi connectivity index (χ4v) is 3.24. The summed E-state index contributed by atoms with van der Waals surface area (Å²) < 4.78 is 41.2. The number of benzene rings is 2. The largest absolute Gasteiger partial charge is 0.416 e. The summed E-state index contributed by atoms with van der Waals surface area (Å²) in [5, 5.41) is 10.4. The molecule has 0 bridgehead atoms. The number of carbonyl (C=O) groups is 1. The average molecular weight is 456 g/mol. The molecule has 2 aromatic heterocycles. The monoisotopic (exact) mass is 456 g/mol. The Labute approximate surface area is 185 Å². The number of fused-ring (bicyclic) bond motifs is 1. The van der Waals surface area contributed by atoms with Crippen LogP contribution in [0.1, 0.15) is 22.3 Å². The predicted octanol–water partition coefficient (Wildman–Crippen LogP) is 2.68. The molecule has 0 aliphatic heterocycles. The summed E-state index contributed by atoms with van der Waals surface area (Å²) >= 11 is 0. The second-order valence-corrected chi connectivity index (χ2v) is 7.56. The lowest BCUT2D eigenvalue weighted by Crippen LogP contribution is -2.32. The molecule has 0 atom stereocenters. The van der Waals surface area contributed by atoms with E-state index in [-0.39, 0.29) is 30.2 Å². The minimum Gasteiger partial charge on any atom is -0.350 e.